The molecule has 152 valence electrons. The maximum Gasteiger partial charge on any atom is 0.266 e. The normalized spacial score (nSPS) is 16.2. The van der Waals surface area contributed by atoms with Gasteiger partial charge >= 0.3 is 0 Å². The molecule has 0 unspecified atom stereocenters. The summed E-state index contributed by atoms with van der Waals surface area (Å²) in [6.45, 7) is 1.28. The monoisotopic (exact) mass is 414 g/mol. The van der Waals surface area contributed by atoms with Gasteiger partial charge in [0.2, 0.25) is 0 Å². The fraction of sp³-hybridized carbons (Fsp3) is 0.368. The van der Waals surface area contributed by atoms with Crippen molar-refractivity contribution in [3.8, 4) is 11.3 Å². The van der Waals surface area contributed by atoms with Crippen molar-refractivity contribution in [2.75, 3.05) is 13.1 Å². The average molecular weight is 414 g/mol. The van der Waals surface area contributed by atoms with Gasteiger partial charge < -0.3 is 4.57 Å². The number of nitrogens with zero attached hydrogens (tertiary/aromatic N) is 6. The highest BCUT2D eigenvalue weighted by molar-refractivity contribution is 7.89. The minimum atomic E-state index is -3.58. The first-order chi connectivity index (χ1) is 13.9. The summed E-state index contributed by atoms with van der Waals surface area (Å²) in [7, 11) is -1.84. The van der Waals surface area contributed by atoms with Crippen molar-refractivity contribution in [1.82, 2.24) is 28.6 Å². The molecule has 9 nitrogen and oxygen atoms in total. The van der Waals surface area contributed by atoms with Crippen LogP contribution >= 0.6 is 0 Å². The van der Waals surface area contributed by atoms with Crippen LogP contribution in [0, 0.1) is 5.92 Å². The van der Waals surface area contributed by atoms with Crippen LogP contribution < -0.4 is 5.56 Å². The molecule has 0 radical (unpaired) electrons. The van der Waals surface area contributed by atoms with Crippen LogP contribution in [0.2, 0.25) is 0 Å². The van der Waals surface area contributed by atoms with Gasteiger partial charge in [-0.3, -0.25) is 9.78 Å². The second kappa shape index (κ2) is 7.88. The average Bonchev–Trinajstić information content (AvgIpc) is 3.18. The third kappa shape index (κ3) is 4.13. The Bertz CT molecular complexity index is 1150. The molecule has 0 saturated carbocycles. The molecule has 29 heavy (non-hydrogen) atoms. The third-order valence-electron chi connectivity index (χ3n) is 5.13. The fourth-order valence-electron chi connectivity index (χ4n) is 3.49. The van der Waals surface area contributed by atoms with Gasteiger partial charge in [0.05, 0.1) is 12.0 Å². The zero-order valence-corrected chi connectivity index (χ0v) is 16.9. The molecule has 1 fully saturated rings. The van der Waals surface area contributed by atoms with E-state index in [4.69, 9.17) is 0 Å². The van der Waals surface area contributed by atoms with Gasteiger partial charge in [-0.25, -0.2) is 18.1 Å². The summed E-state index contributed by atoms with van der Waals surface area (Å²) < 4.78 is 30.0. The van der Waals surface area contributed by atoms with Crippen molar-refractivity contribution in [1.29, 1.82) is 0 Å². The smallest absolute Gasteiger partial charge is 0.266 e. The van der Waals surface area contributed by atoms with Crippen LogP contribution in [0.5, 0.6) is 0 Å². The van der Waals surface area contributed by atoms with Gasteiger partial charge in [0.15, 0.2) is 5.03 Å². The van der Waals surface area contributed by atoms with E-state index in [-0.39, 0.29) is 16.5 Å². The number of hydrogen-bond acceptors (Lipinski definition) is 6. The number of rotatable bonds is 5. The summed E-state index contributed by atoms with van der Waals surface area (Å²) in [4.78, 5) is 20.2. The van der Waals surface area contributed by atoms with Crippen LogP contribution in [0.25, 0.3) is 11.3 Å². The number of sulfonamides is 1. The summed E-state index contributed by atoms with van der Waals surface area (Å²) >= 11 is 0. The molecule has 0 N–H and O–H groups in total. The largest absolute Gasteiger partial charge is 0.339 e. The highest BCUT2D eigenvalue weighted by Crippen LogP contribution is 2.24. The summed E-state index contributed by atoms with van der Waals surface area (Å²) in [5.74, 6) is 0.183. The number of aryl methyl sites for hydroxylation is 1. The topological polar surface area (TPSA) is 103 Å². The lowest BCUT2D eigenvalue weighted by Crippen LogP contribution is -2.40. The van der Waals surface area contributed by atoms with Crippen LogP contribution in [-0.4, -0.2) is 50.1 Å². The zero-order valence-electron chi connectivity index (χ0n) is 16.0. The van der Waals surface area contributed by atoms with Crippen molar-refractivity contribution in [2.24, 2.45) is 13.0 Å². The van der Waals surface area contributed by atoms with Gasteiger partial charge in [0, 0.05) is 56.9 Å². The van der Waals surface area contributed by atoms with Gasteiger partial charge in [-0.15, -0.1) is 0 Å². The number of hydrogen-bond donors (Lipinski definition) is 0. The zero-order chi connectivity index (χ0) is 20.4. The van der Waals surface area contributed by atoms with Crippen molar-refractivity contribution < 1.29 is 8.42 Å². The summed E-state index contributed by atoms with van der Waals surface area (Å²) in [5.41, 5.74) is 1.44. The Morgan fingerprint density at radius 3 is 2.48 bits per heavy atom. The molecule has 4 heterocycles. The molecule has 1 aliphatic heterocycles. The Kier molecular flexibility index (Phi) is 5.29. The molecule has 0 aliphatic carbocycles. The number of imidazole rings is 1. The fourth-order valence-corrected chi connectivity index (χ4v) is 4.92. The van der Waals surface area contributed by atoms with Crippen LogP contribution in [-0.2, 0) is 23.6 Å². The maximum atomic E-state index is 12.7. The Morgan fingerprint density at radius 1 is 1.10 bits per heavy atom. The second-order valence-corrected chi connectivity index (χ2v) is 9.08. The van der Waals surface area contributed by atoms with E-state index in [1.165, 1.54) is 27.6 Å². The summed E-state index contributed by atoms with van der Waals surface area (Å²) in [6.07, 6.45) is 7.69. The first-order valence-electron chi connectivity index (χ1n) is 9.40. The lowest BCUT2D eigenvalue weighted by atomic mass is 9.98. The van der Waals surface area contributed by atoms with Crippen LogP contribution in [0.15, 0.2) is 59.0 Å². The van der Waals surface area contributed by atoms with E-state index in [1.54, 1.807) is 30.1 Å². The molecule has 3 aromatic heterocycles. The van der Waals surface area contributed by atoms with Gasteiger partial charge in [0.1, 0.15) is 0 Å². The van der Waals surface area contributed by atoms with Crippen molar-refractivity contribution >= 4 is 10.0 Å². The SMILES string of the molecule is Cn1cnc(S(=O)(=O)N2CCC(Cn3nc(-c4ccncc4)ccc3=O)CC2)c1. The lowest BCUT2D eigenvalue weighted by molar-refractivity contribution is 0.244. The highest BCUT2D eigenvalue weighted by atomic mass is 32.2. The lowest BCUT2D eigenvalue weighted by Gasteiger charge is -2.30. The van der Waals surface area contributed by atoms with E-state index in [0.717, 1.165) is 5.56 Å². The van der Waals surface area contributed by atoms with E-state index in [0.29, 0.717) is 38.2 Å². The van der Waals surface area contributed by atoms with Crippen molar-refractivity contribution in [3.05, 3.63) is 59.5 Å². The van der Waals surface area contributed by atoms with E-state index < -0.39 is 10.0 Å². The molecule has 1 saturated heterocycles. The maximum absolute atomic E-state index is 12.7. The third-order valence-corrected chi connectivity index (χ3v) is 6.92. The second-order valence-electron chi connectivity index (χ2n) is 7.20. The predicted octanol–water partition coefficient (Wildman–Crippen LogP) is 1.14. The van der Waals surface area contributed by atoms with Gasteiger partial charge in [-0.2, -0.15) is 9.40 Å². The van der Waals surface area contributed by atoms with Gasteiger partial charge in [-0.05, 0) is 37.0 Å². The number of piperidine rings is 1. The minimum Gasteiger partial charge on any atom is -0.339 e. The van der Waals surface area contributed by atoms with E-state index >= 15 is 0 Å². The molecule has 4 rings (SSSR count). The molecule has 10 heteroatoms. The molecular formula is C19H22N6O3S. The molecule has 0 atom stereocenters. The first kappa shape index (κ1) is 19.5. The van der Waals surface area contributed by atoms with Crippen molar-refractivity contribution in [3.63, 3.8) is 0 Å². The van der Waals surface area contributed by atoms with Gasteiger partial charge in [-0.1, -0.05) is 0 Å². The van der Waals surface area contributed by atoms with E-state index in [2.05, 4.69) is 15.1 Å². The highest BCUT2D eigenvalue weighted by Gasteiger charge is 2.31. The van der Waals surface area contributed by atoms with Gasteiger partial charge in [0.25, 0.3) is 15.6 Å². The quantitative estimate of drug-likeness (QED) is 0.620. The number of aromatic nitrogens is 5. The first-order valence-corrected chi connectivity index (χ1v) is 10.8. The summed E-state index contributed by atoms with van der Waals surface area (Å²) in [6, 6.07) is 6.91. The molecule has 1 aliphatic rings. The molecular weight excluding hydrogens is 392 g/mol. The Labute approximate surface area is 168 Å². The van der Waals surface area contributed by atoms with Crippen LogP contribution in [0.1, 0.15) is 12.8 Å². The van der Waals surface area contributed by atoms with E-state index in [1.807, 2.05) is 12.1 Å². The standard InChI is InChI=1S/C19H22N6O3S/c1-23-13-18(21-14-23)29(27,28)24-10-6-15(7-11-24)12-25-19(26)3-2-17(22-25)16-4-8-20-9-5-16/h2-5,8-9,13-15H,6-7,10-12H2,1H3. The summed E-state index contributed by atoms with van der Waals surface area (Å²) in [5, 5.41) is 4.56. The number of pyridine rings is 1. The minimum absolute atomic E-state index is 0.0707. The molecule has 0 spiro atoms. The Hall–Kier alpha value is -2.85. The molecule has 0 aromatic carbocycles. The van der Waals surface area contributed by atoms with Crippen LogP contribution in [0.4, 0.5) is 0 Å². The van der Waals surface area contributed by atoms with E-state index in [9.17, 15) is 13.2 Å². The molecule has 3 aromatic rings. The van der Waals surface area contributed by atoms with Crippen LogP contribution in [0.3, 0.4) is 0 Å². The predicted molar refractivity (Wildman–Crippen MR) is 106 cm³/mol. The Morgan fingerprint density at radius 2 is 1.83 bits per heavy atom. The van der Waals surface area contributed by atoms with Crippen molar-refractivity contribution in [2.45, 2.75) is 24.4 Å². The molecule has 0 amide bonds. The Balaban J connectivity index is 1.44. The molecule has 0 bridgehead atoms.